The third kappa shape index (κ3) is 0.904. The molecule has 0 N–H and O–H groups in total. The zero-order valence-corrected chi connectivity index (χ0v) is 6.09. The van der Waals surface area contributed by atoms with E-state index in [9.17, 15) is 0 Å². The Bertz CT molecular complexity index is 172. The molecule has 1 saturated carbocycles. The number of nitrogens with zero attached hydrogens (tertiary/aromatic N) is 1. The van der Waals surface area contributed by atoms with Crippen molar-refractivity contribution < 1.29 is 9.47 Å². The average molecular weight is 141 g/mol. The van der Waals surface area contributed by atoms with Gasteiger partial charge in [0, 0.05) is 0 Å². The first-order valence-corrected chi connectivity index (χ1v) is 3.55. The number of aliphatic imine (C=N–C) groups is 1. The van der Waals surface area contributed by atoms with E-state index in [0.29, 0.717) is 6.61 Å². The summed E-state index contributed by atoms with van der Waals surface area (Å²) in [6.07, 6.45) is 2.33. The third-order valence-electron chi connectivity index (χ3n) is 2.02. The van der Waals surface area contributed by atoms with Gasteiger partial charge >= 0.3 is 0 Å². The second-order valence-corrected chi connectivity index (χ2v) is 2.93. The van der Waals surface area contributed by atoms with E-state index >= 15 is 0 Å². The smallest absolute Gasteiger partial charge is 0.210 e. The van der Waals surface area contributed by atoms with Crippen molar-refractivity contribution in [2.24, 2.45) is 4.99 Å². The molecule has 0 bridgehead atoms. The largest absolute Gasteiger partial charge is 0.483 e. The van der Waals surface area contributed by atoms with E-state index in [1.165, 1.54) is 12.8 Å². The Labute approximate surface area is 60.0 Å². The Kier molecular flexibility index (Phi) is 1.20. The average Bonchev–Trinajstić information content (AvgIpc) is 2.70. The first kappa shape index (κ1) is 6.16. The lowest BCUT2D eigenvalue weighted by atomic mass is 10.3. The molecule has 3 heteroatoms. The maximum absolute atomic E-state index is 5.29. The first-order valence-electron chi connectivity index (χ1n) is 3.55. The van der Waals surface area contributed by atoms with E-state index < -0.39 is 0 Å². The van der Waals surface area contributed by atoms with Crippen LogP contribution in [0.15, 0.2) is 4.99 Å². The van der Waals surface area contributed by atoms with Crippen LogP contribution in [0.2, 0.25) is 0 Å². The fourth-order valence-electron chi connectivity index (χ4n) is 1.16. The van der Waals surface area contributed by atoms with Gasteiger partial charge in [0.25, 0.3) is 0 Å². The topological polar surface area (TPSA) is 30.8 Å². The van der Waals surface area contributed by atoms with Crippen LogP contribution in [0.5, 0.6) is 0 Å². The van der Waals surface area contributed by atoms with Crippen molar-refractivity contribution in [3.05, 3.63) is 0 Å². The quantitative estimate of drug-likeness (QED) is 0.494. The van der Waals surface area contributed by atoms with Crippen LogP contribution < -0.4 is 0 Å². The molecular weight excluding hydrogens is 130 g/mol. The molecule has 1 aliphatic heterocycles. The molecule has 0 aromatic carbocycles. The molecule has 3 nitrogen and oxygen atoms in total. The van der Waals surface area contributed by atoms with Crippen molar-refractivity contribution in [2.45, 2.75) is 18.4 Å². The minimum absolute atomic E-state index is 0.142. The maximum atomic E-state index is 5.29. The highest BCUT2D eigenvalue weighted by Gasteiger charge is 2.45. The third-order valence-corrected chi connectivity index (χ3v) is 2.02. The molecule has 1 spiro atoms. The van der Waals surface area contributed by atoms with E-state index in [2.05, 4.69) is 4.99 Å². The second-order valence-electron chi connectivity index (χ2n) is 2.93. The summed E-state index contributed by atoms with van der Waals surface area (Å²) in [5.74, 6) is 0.753. The molecule has 0 aromatic rings. The highest BCUT2D eigenvalue weighted by molar-refractivity contribution is 5.78. The summed E-state index contributed by atoms with van der Waals surface area (Å²) in [7, 11) is 1.64. The normalized spacial score (nSPS) is 27.9. The standard InChI is InChI=1S/C7H11NO2/c1-9-6-4-10-5-7(8-6)2-3-7/h2-5H2,1H3. The molecule has 0 aromatic heterocycles. The SMILES string of the molecule is COC1=NC2(CC2)COC1. The number of hydrogen-bond donors (Lipinski definition) is 0. The second kappa shape index (κ2) is 1.95. The van der Waals surface area contributed by atoms with Crippen LogP contribution in [0.4, 0.5) is 0 Å². The summed E-state index contributed by atoms with van der Waals surface area (Å²) in [6, 6.07) is 0. The van der Waals surface area contributed by atoms with Crippen molar-refractivity contribution in [1.82, 2.24) is 0 Å². The van der Waals surface area contributed by atoms with Gasteiger partial charge in [0.05, 0.1) is 19.3 Å². The van der Waals surface area contributed by atoms with Gasteiger partial charge < -0.3 is 9.47 Å². The molecule has 0 atom stereocenters. The lowest BCUT2D eigenvalue weighted by Crippen LogP contribution is -2.28. The van der Waals surface area contributed by atoms with E-state index in [4.69, 9.17) is 9.47 Å². The molecule has 0 amide bonds. The van der Waals surface area contributed by atoms with Crippen molar-refractivity contribution in [3.63, 3.8) is 0 Å². The van der Waals surface area contributed by atoms with Gasteiger partial charge in [-0.1, -0.05) is 0 Å². The van der Waals surface area contributed by atoms with Crippen LogP contribution in [0.25, 0.3) is 0 Å². The predicted molar refractivity (Wildman–Crippen MR) is 37.2 cm³/mol. The number of hydrogen-bond acceptors (Lipinski definition) is 3. The summed E-state index contributed by atoms with van der Waals surface area (Å²) in [5.41, 5.74) is 0.142. The van der Waals surface area contributed by atoms with Crippen molar-refractivity contribution >= 4 is 5.90 Å². The van der Waals surface area contributed by atoms with Crippen LogP contribution in [0.1, 0.15) is 12.8 Å². The molecule has 1 fully saturated rings. The summed E-state index contributed by atoms with van der Waals surface area (Å²) in [4.78, 5) is 4.41. The molecule has 1 aliphatic carbocycles. The minimum Gasteiger partial charge on any atom is -0.483 e. The van der Waals surface area contributed by atoms with Crippen molar-refractivity contribution in [2.75, 3.05) is 20.3 Å². The molecule has 0 saturated heterocycles. The predicted octanol–water partition coefficient (Wildman–Crippen LogP) is 0.594. The van der Waals surface area contributed by atoms with E-state index in [1.807, 2.05) is 0 Å². The van der Waals surface area contributed by atoms with E-state index in [0.717, 1.165) is 12.5 Å². The maximum Gasteiger partial charge on any atom is 0.210 e. The highest BCUT2D eigenvalue weighted by Crippen LogP contribution is 2.41. The molecule has 0 unspecified atom stereocenters. The number of ether oxygens (including phenoxy) is 2. The summed E-state index contributed by atoms with van der Waals surface area (Å²) in [6.45, 7) is 1.35. The van der Waals surface area contributed by atoms with Gasteiger partial charge in [-0.05, 0) is 12.8 Å². The van der Waals surface area contributed by atoms with Gasteiger partial charge in [0.2, 0.25) is 5.90 Å². The zero-order chi connectivity index (χ0) is 7.03. The molecule has 0 radical (unpaired) electrons. The van der Waals surface area contributed by atoms with E-state index in [-0.39, 0.29) is 5.54 Å². The molecule has 2 rings (SSSR count). The summed E-state index contributed by atoms with van der Waals surface area (Å²) >= 11 is 0. The Hall–Kier alpha value is -0.570. The van der Waals surface area contributed by atoms with Crippen LogP contribution in [-0.4, -0.2) is 31.8 Å². The molecule has 10 heavy (non-hydrogen) atoms. The summed E-state index contributed by atoms with van der Waals surface area (Å²) < 4.78 is 10.3. The highest BCUT2D eigenvalue weighted by atomic mass is 16.5. The fraction of sp³-hybridized carbons (Fsp3) is 0.857. The van der Waals surface area contributed by atoms with Crippen molar-refractivity contribution in [1.29, 1.82) is 0 Å². The number of methoxy groups -OCH3 is 1. The Morgan fingerprint density at radius 1 is 1.60 bits per heavy atom. The Morgan fingerprint density at radius 2 is 2.40 bits per heavy atom. The monoisotopic (exact) mass is 141 g/mol. The Balaban J connectivity index is 2.12. The fourth-order valence-corrected chi connectivity index (χ4v) is 1.16. The lowest BCUT2D eigenvalue weighted by Gasteiger charge is -2.18. The van der Waals surface area contributed by atoms with Gasteiger partial charge in [0.1, 0.15) is 6.61 Å². The molecular formula is C7H11NO2. The van der Waals surface area contributed by atoms with Gasteiger partial charge in [-0.3, -0.25) is 0 Å². The van der Waals surface area contributed by atoms with Crippen molar-refractivity contribution in [3.8, 4) is 0 Å². The van der Waals surface area contributed by atoms with Gasteiger partial charge in [-0.25, -0.2) is 4.99 Å². The zero-order valence-electron chi connectivity index (χ0n) is 6.09. The summed E-state index contributed by atoms with van der Waals surface area (Å²) in [5, 5.41) is 0. The lowest BCUT2D eigenvalue weighted by molar-refractivity contribution is 0.118. The van der Waals surface area contributed by atoms with Crippen LogP contribution in [0, 0.1) is 0 Å². The Morgan fingerprint density at radius 3 is 3.00 bits per heavy atom. The number of rotatable bonds is 0. The molecule has 56 valence electrons. The van der Waals surface area contributed by atoms with E-state index in [1.54, 1.807) is 7.11 Å². The van der Waals surface area contributed by atoms with Crippen LogP contribution in [-0.2, 0) is 9.47 Å². The van der Waals surface area contributed by atoms with Crippen LogP contribution >= 0.6 is 0 Å². The molecule has 1 heterocycles. The first-order chi connectivity index (χ1) is 4.85. The minimum atomic E-state index is 0.142. The van der Waals surface area contributed by atoms with Gasteiger partial charge in [-0.15, -0.1) is 0 Å². The van der Waals surface area contributed by atoms with Gasteiger partial charge in [-0.2, -0.15) is 0 Å². The van der Waals surface area contributed by atoms with Gasteiger partial charge in [0.15, 0.2) is 0 Å². The molecule has 2 aliphatic rings. The van der Waals surface area contributed by atoms with Crippen LogP contribution in [0.3, 0.4) is 0 Å².